The van der Waals surface area contributed by atoms with Crippen LogP contribution in [0.2, 0.25) is 0 Å². The second kappa shape index (κ2) is 11.7. The number of benzene rings is 2. The van der Waals surface area contributed by atoms with Crippen molar-refractivity contribution >= 4 is 0 Å². The van der Waals surface area contributed by atoms with Gasteiger partial charge in [0.25, 0.3) is 0 Å². The molecule has 4 rings (SSSR count). The van der Waals surface area contributed by atoms with Crippen LogP contribution in [-0.2, 0) is 46.8 Å². The van der Waals surface area contributed by atoms with Crippen molar-refractivity contribution in [1.29, 1.82) is 0 Å². The van der Waals surface area contributed by atoms with Gasteiger partial charge in [-0.15, -0.1) is 0 Å². The number of rotatable bonds is 10. The van der Waals surface area contributed by atoms with Crippen molar-refractivity contribution in [2.75, 3.05) is 0 Å². The van der Waals surface area contributed by atoms with Crippen LogP contribution in [-0.4, -0.2) is 0 Å². The molecule has 0 amide bonds. The molecule has 2 aromatic rings. The van der Waals surface area contributed by atoms with E-state index >= 15 is 0 Å². The van der Waals surface area contributed by atoms with Crippen molar-refractivity contribution < 1.29 is 26.8 Å². The molecule has 37 heavy (non-hydrogen) atoms. The van der Waals surface area contributed by atoms with E-state index < -0.39 is 21.1 Å². The van der Waals surface area contributed by atoms with Gasteiger partial charge in [-0.2, -0.15) is 0 Å². The summed E-state index contributed by atoms with van der Waals surface area (Å²) in [6, 6.07) is 13.5. The van der Waals surface area contributed by atoms with Crippen LogP contribution in [0.15, 0.2) is 77.4 Å². The number of hydrogen-bond acceptors (Lipinski definition) is 2. The van der Waals surface area contributed by atoms with Gasteiger partial charge < -0.3 is 0 Å². The maximum atomic E-state index is 7.47. The van der Waals surface area contributed by atoms with Gasteiger partial charge >= 0.3 is 232 Å². The molecule has 2 aliphatic carbocycles. The third-order valence-corrected chi connectivity index (χ3v) is 17.2. The van der Waals surface area contributed by atoms with Crippen LogP contribution in [0.4, 0.5) is 0 Å². The van der Waals surface area contributed by atoms with Crippen molar-refractivity contribution in [3.05, 3.63) is 99.7 Å². The molecule has 0 spiro atoms. The Labute approximate surface area is 230 Å². The van der Waals surface area contributed by atoms with Gasteiger partial charge in [0.2, 0.25) is 0 Å². The summed E-state index contributed by atoms with van der Waals surface area (Å²) in [7, 11) is 0. The predicted octanol–water partition coefficient (Wildman–Crippen LogP) is 9.63. The van der Waals surface area contributed by atoms with Crippen LogP contribution in [0.3, 0.4) is 0 Å². The third-order valence-electron chi connectivity index (χ3n) is 8.36. The molecular formula is C34H44O2Zr. The van der Waals surface area contributed by atoms with E-state index in [1.807, 2.05) is 0 Å². The van der Waals surface area contributed by atoms with Gasteiger partial charge in [-0.05, 0) is 0 Å². The zero-order valence-electron chi connectivity index (χ0n) is 24.2. The molecule has 196 valence electrons. The Morgan fingerprint density at radius 1 is 0.595 bits per heavy atom. The minimum absolute atomic E-state index is 0.941. The molecule has 0 radical (unpaired) electrons. The first kappa shape index (κ1) is 27.9. The minimum atomic E-state index is -4.24. The molecule has 0 saturated heterocycles. The Kier molecular flexibility index (Phi) is 8.85. The van der Waals surface area contributed by atoms with E-state index in [1.165, 1.54) is 51.1 Å². The zero-order valence-corrected chi connectivity index (χ0v) is 26.6. The van der Waals surface area contributed by atoms with E-state index in [-0.39, 0.29) is 0 Å². The van der Waals surface area contributed by atoms with E-state index in [4.69, 9.17) is 5.63 Å². The molecule has 2 nitrogen and oxygen atoms in total. The van der Waals surface area contributed by atoms with Crippen molar-refractivity contribution in [3.63, 3.8) is 0 Å². The first-order valence-electron chi connectivity index (χ1n) is 14.1. The van der Waals surface area contributed by atoms with E-state index in [1.54, 1.807) is 0 Å². The van der Waals surface area contributed by atoms with Crippen LogP contribution in [0.5, 0.6) is 11.5 Å². The third kappa shape index (κ3) is 5.40. The molecule has 0 N–H and O–H groups in total. The molecule has 0 heterocycles. The van der Waals surface area contributed by atoms with E-state index in [0.29, 0.717) is 0 Å². The number of hydrogen-bond donors (Lipinski definition) is 0. The topological polar surface area (TPSA) is 18.5 Å². The standard InChI is InChI=1S/2C10H14O.2C7H9.Zr/c2*1-3-8-5-6-10(11)9(4-2)7-8;2*1-6-4-3-5-7(6)2;/h2*5-7,11H,3-4H2,1-2H3;2*3H,4H2,1-2H3;/q;;;;+2/p-2. The van der Waals surface area contributed by atoms with Crippen LogP contribution < -0.4 is 5.63 Å². The van der Waals surface area contributed by atoms with Gasteiger partial charge in [-0.3, -0.25) is 0 Å². The number of allylic oxidation sites excluding steroid dienone is 8. The molecular weight excluding hydrogens is 532 g/mol. The fraction of sp³-hybridized carbons (Fsp3) is 0.412. The van der Waals surface area contributed by atoms with Gasteiger partial charge in [0.15, 0.2) is 0 Å². The van der Waals surface area contributed by atoms with Crippen molar-refractivity contribution in [3.8, 4) is 11.5 Å². The fourth-order valence-electron chi connectivity index (χ4n) is 5.50. The quantitative estimate of drug-likeness (QED) is 0.281. The monoisotopic (exact) mass is 574 g/mol. The molecule has 0 saturated carbocycles. The second-order valence-electron chi connectivity index (χ2n) is 10.6. The van der Waals surface area contributed by atoms with Crippen LogP contribution in [0.25, 0.3) is 0 Å². The van der Waals surface area contributed by atoms with Crippen molar-refractivity contribution in [1.82, 2.24) is 0 Å². The van der Waals surface area contributed by atoms with Gasteiger partial charge in [0, 0.05) is 0 Å². The van der Waals surface area contributed by atoms with Crippen molar-refractivity contribution in [2.24, 2.45) is 0 Å². The maximum absolute atomic E-state index is 7.47. The average molecular weight is 576 g/mol. The fourth-order valence-corrected chi connectivity index (χ4v) is 15.2. The predicted molar refractivity (Wildman–Crippen MR) is 154 cm³/mol. The number of aryl methyl sites for hydroxylation is 4. The summed E-state index contributed by atoms with van der Waals surface area (Å²) in [6.45, 7) is 18.0. The average Bonchev–Trinajstić information content (AvgIpc) is 3.44. The summed E-state index contributed by atoms with van der Waals surface area (Å²) in [4.78, 5) is 0. The first-order valence-corrected chi connectivity index (χ1v) is 18.6. The van der Waals surface area contributed by atoms with Gasteiger partial charge in [0.05, 0.1) is 0 Å². The Morgan fingerprint density at radius 3 is 1.30 bits per heavy atom. The Hall–Kier alpha value is -2.12. The van der Waals surface area contributed by atoms with Gasteiger partial charge in [-0.25, -0.2) is 0 Å². The Morgan fingerprint density at radius 2 is 1.00 bits per heavy atom. The molecule has 0 fully saturated rings. The molecule has 0 unspecified atom stereocenters. The zero-order chi connectivity index (χ0) is 26.7. The van der Waals surface area contributed by atoms with Gasteiger partial charge in [-0.1, -0.05) is 0 Å². The van der Waals surface area contributed by atoms with Crippen LogP contribution in [0, 0.1) is 0 Å². The molecule has 0 aromatic heterocycles. The molecule has 2 aromatic carbocycles. The summed E-state index contributed by atoms with van der Waals surface area (Å²) in [5, 5.41) is 0. The van der Waals surface area contributed by atoms with Crippen LogP contribution in [0.1, 0.15) is 90.5 Å². The van der Waals surface area contributed by atoms with Crippen LogP contribution >= 0.6 is 0 Å². The second-order valence-corrected chi connectivity index (χ2v) is 17.3. The van der Waals surface area contributed by atoms with Crippen molar-refractivity contribution in [2.45, 2.75) is 93.9 Å². The Balaban J connectivity index is 1.97. The van der Waals surface area contributed by atoms with E-state index in [9.17, 15) is 0 Å². The Bertz CT molecular complexity index is 1200. The molecule has 2 aliphatic rings. The molecule has 3 heteroatoms. The molecule has 0 aliphatic heterocycles. The summed E-state index contributed by atoms with van der Waals surface area (Å²) < 4.78 is 17.6. The molecule has 0 bridgehead atoms. The van der Waals surface area contributed by atoms with Gasteiger partial charge in [0.1, 0.15) is 0 Å². The summed E-state index contributed by atoms with van der Waals surface area (Å²) in [6.07, 6.45) is 10.7. The SMILES string of the molecule is CCc1ccc([O][Zr]([O]c2ccc(CC)cc2CC)([C]2=CCC(C)=C2C)[C]2=CCC(C)=C2C)c(CC)c1. The first-order chi connectivity index (χ1) is 17.8. The van der Waals surface area contributed by atoms with E-state index in [0.717, 1.165) is 50.0 Å². The normalized spacial score (nSPS) is 15.9. The summed E-state index contributed by atoms with van der Waals surface area (Å²) in [5.41, 5.74) is 10.8. The molecule has 0 atom stereocenters. The van der Waals surface area contributed by atoms with E-state index in [2.05, 4.69) is 104 Å². The summed E-state index contributed by atoms with van der Waals surface area (Å²) in [5.74, 6) is 1.99. The summed E-state index contributed by atoms with van der Waals surface area (Å²) >= 11 is -4.24.